The van der Waals surface area contributed by atoms with Crippen molar-refractivity contribution in [1.29, 1.82) is 0 Å². The molecule has 3 nitrogen and oxygen atoms in total. The van der Waals surface area contributed by atoms with Crippen molar-refractivity contribution in [3.8, 4) is 0 Å². The van der Waals surface area contributed by atoms with Gasteiger partial charge in [0.15, 0.2) is 5.67 Å². The maximum atomic E-state index is 14.6. The fraction of sp³-hybridized carbons (Fsp3) is 0.500. The molecule has 0 bridgehead atoms. The van der Waals surface area contributed by atoms with Gasteiger partial charge in [-0.05, 0) is 24.8 Å². The molecule has 1 aromatic heterocycles. The Morgan fingerprint density at radius 2 is 2.27 bits per heavy atom. The molecule has 2 rings (SSSR count). The van der Waals surface area contributed by atoms with E-state index in [9.17, 15) is 4.39 Å². The summed E-state index contributed by atoms with van der Waals surface area (Å²) in [6, 6.07) is 1.52. The van der Waals surface area contributed by atoms with Crippen LogP contribution < -0.4 is 11.5 Å². The molecule has 1 unspecified atom stereocenters. The fourth-order valence-corrected chi connectivity index (χ4v) is 1.98. The maximum Gasteiger partial charge on any atom is 0.154 e. The van der Waals surface area contributed by atoms with Gasteiger partial charge in [-0.25, -0.2) is 9.37 Å². The van der Waals surface area contributed by atoms with E-state index in [2.05, 4.69) is 4.98 Å². The highest BCUT2D eigenvalue weighted by Crippen LogP contribution is 2.49. The Bertz CT molecular complexity index is 381. The van der Waals surface area contributed by atoms with Crippen molar-refractivity contribution < 1.29 is 4.39 Å². The van der Waals surface area contributed by atoms with E-state index < -0.39 is 5.67 Å². The summed E-state index contributed by atoms with van der Waals surface area (Å²) in [7, 11) is 0. The van der Waals surface area contributed by atoms with Crippen molar-refractivity contribution >= 4 is 17.4 Å². The van der Waals surface area contributed by atoms with Crippen LogP contribution >= 0.6 is 11.6 Å². The van der Waals surface area contributed by atoms with Crippen LogP contribution in [-0.4, -0.2) is 11.5 Å². The number of alkyl halides is 1. The van der Waals surface area contributed by atoms with Gasteiger partial charge in [0.1, 0.15) is 5.82 Å². The Morgan fingerprint density at radius 3 is 2.80 bits per heavy atom. The summed E-state index contributed by atoms with van der Waals surface area (Å²) in [6.45, 7) is -0.0795. The quantitative estimate of drug-likeness (QED) is 0.832. The van der Waals surface area contributed by atoms with Crippen molar-refractivity contribution in [3.05, 3.63) is 22.8 Å². The molecule has 1 heterocycles. The lowest BCUT2D eigenvalue weighted by molar-refractivity contribution is 0.143. The Morgan fingerprint density at radius 1 is 1.60 bits per heavy atom. The van der Waals surface area contributed by atoms with Gasteiger partial charge >= 0.3 is 0 Å². The van der Waals surface area contributed by atoms with Gasteiger partial charge in [-0.1, -0.05) is 11.6 Å². The summed E-state index contributed by atoms with van der Waals surface area (Å²) >= 11 is 5.78. The molecule has 15 heavy (non-hydrogen) atoms. The third-order valence-corrected chi connectivity index (χ3v) is 3.06. The number of hydrogen-bond acceptors (Lipinski definition) is 3. The number of nitrogens with two attached hydrogens (primary N) is 2. The van der Waals surface area contributed by atoms with Crippen LogP contribution in [0.4, 0.5) is 10.2 Å². The number of anilines is 1. The Labute approximate surface area is 92.6 Å². The third-order valence-electron chi connectivity index (χ3n) is 2.85. The largest absolute Gasteiger partial charge is 0.383 e. The molecule has 0 aromatic carbocycles. The highest BCUT2D eigenvalue weighted by molar-refractivity contribution is 6.30. The minimum absolute atomic E-state index is 0.0370. The van der Waals surface area contributed by atoms with Crippen LogP contribution in [0.5, 0.6) is 0 Å². The molecule has 0 saturated heterocycles. The van der Waals surface area contributed by atoms with E-state index in [4.69, 9.17) is 23.1 Å². The molecular weight excluding hydrogens is 217 g/mol. The molecule has 82 valence electrons. The Kier molecular flexibility index (Phi) is 2.56. The second-order valence-corrected chi connectivity index (χ2v) is 4.36. The lowest BCUT2D eigenvalue weighted by atomic mass is 9.91. The predicted octanol–water partition coefficient (Wildman–Crippen LogP) is 1.85. The van der Waals surface area contributed by atoms with Crippen LogP contribution in [0.2, 0.25) is 5.02 Å². The van der Waals surface area contributed by atoms with Crippen molar-refractivity contribution in [2.45, 2.75) is 18.5 Å². The highest BCUT2D eigenvalue weighted by atomic mass is 35.5. The number of rotatable bonds is 3. The van der Waals surface area contributed by atoms with Crippen LogP contribution in [0.1, 0.15) is 18.4 Å². The van der Waals surface area contributed by atoms with E-state index in [-0.39, 0.29) is 18.3 Å². The summed E-state index contributed by atoms with van der Waals surface area (Å²) in [4.78, 5) is 3.85. The third kappa shape index (κ3) is 1.79. The van der Waals surface area contributed by atoms with E-state index in [1.165, 1.54) is 12.3 Å². The lowest BCUT2D eigenvalue weighted by Gasteiger charge is -2.24. The zero-order chi connectivity index (χ0) is 11.1. The van der Waals surface area contributed by atoms with Crippen LogP contribution in [0.3, 0.4) is 0 Å². The summed E-state index contributed by atoms with van der Waals surface area (Å²) in [6.07, 6.45) is 3.10. The molecule has 0 radical (unpaired) electrons. The zero-order valence-electron chi connectivity index (χ0n) is 8.21. The molecule has 1 aliphatic rings. The number of aromatic nitrogens is 1. The number of halogens is 2. The van der Waals surface area contributed by atoms with Gasteiger partial charge in [0.05, 0.1) is 5.02 Å². The molecule has 0 amide bonds. The van der Waals surface area contributed by atoms with Crippen LogP contribution in [0.25, 0.3) is 0 Å². The summed E-state index contributed by atoms with van der Waals surface area (Å²) in [5, 5.41) is 0.385. The van der Waals surface area contributed by atoms with Gasteiger partial charge in [0.25, 0.3) is 0 Å². The summed E-state index contributed by atoms with van der Waals surface area (Å²) < 4.78 is 14.6. The number of hydrogen-bond donors (Lipinski definition) is 2. The SMILES string of the molecule is NCC(F)(c1cc(Cl)cnc1N)C1CC1. The van der Waals surface area contributed by atoms with E-state index in [1.54, 1.807) is 0 Å². The zero-order valence-corrected chi connectivity index (χ0v) is 8.97. The van der Waals surface area contributed by atoms with Crippen molar-refractivity contribution in [1.82, 2.24) is 4.98 Å². The minimum Gasteiger partial charge on any atom is -0.383 e. The molecular formula is C10H13ClFN3. The van der Waals surface area contributed by atoms with Gasteiger partial charge in [-0.3, -0.25) is 0 Å². The number of pyridine rings is 1. The van der Waals surface area contributed by atoms with Gasteiger partial charge < -0.3 is 11.5 Å². The van der Waals surface area contributed by atoms with Gasteiger partial charge in [0.2, 0.25) is 0 Å². The lowest BCUT2D eigenvalue weighted by Crippen LogP contribution is -2.33. The second-order valence-electron chi connectivity index (χ2n) is 3.93. The average Bonchev–Trinajstić information content (AvgIpc) is 3.04. The topological polar surface area (TPSA) is 64.9 Å². The van der Waals surface area contributed by atoms with Crippen molar-refractivity contribution in [2.75, 3.05) is 12.3 Å². The van der Waals surface area contributed by atoms with Crippen LogP contribution in [-0.2, 0) is 5.67 Å². The van der Waals surface area contributed by atoms with E-state index in [0.717, 1.165) is 12.8 Å². The highest BCUT2D eigenvalue weighted by Gasteiger charge is 2.47. The van der Waals surface area contributed by atoms with Crippen molar-refractivity contribution in [3.63, 3.8) is 0 Å². The number of nitrogens with zero attached hydrogens (tertiary/aromatic N) is 1. The first-order valence-corrected chi connectivity index (χ1v) is 5.26. The minimum atomic E-state index is -1.57. The van der Waals surface area contributed by atoms with E-state index >= 15 is 0 Å². The van der Waals surface area contributed by atoms with E-state index in [0.29, 0.717) is 10.6 Å². The summed E-state index contributed by atoms with van der Waals surface area (Å²) in [5.74, 6) is 0.143. The molecule has 1 aliphatic carbocycles. The average molecular weight is 230 g/mol. The van der Waals surface area contributed by atoms with E-state index in [1.807, 2.05) is 0 Å². The van der Waals surface area contributed by atoms with Crippen LogP contribution in [0.15, 0.2) is 12.3 Å². The predicted molar refractivity (Wildman–Crippen MR) is 58.2 cm³/mol. The number of nitrogen functional groups attached to an aromatic ring is 1. The Hall–Kier alpha value is -0.870. The molecule has 1 saturated carbocycles. The molecule has 1 fully saturated rings. The van der Waals surface area contributed by atoms with Crippen molar-refractivity contribution in [2.24, 2.45) is 11.7 Å². The first-order valence-electron chi connectivity index (χ1n) is 4.88. The first-order chi connectivity index (χ1) is 7.08. The molecule has 1 aromatic rings. The summed E-state index contributed by atoms with van der Waals surface area (Å²) in [5.41, 5.74) is 9.91. The monoisotopic (exact) mass is 229 g/mol. The molecule has 0 spiro atoms. The second kappa shape index (κ2) is 3.61. The molecule has 5 heteroatoms. The Balaban J connectivity index is 2.45. The van der Waals surface area contributed by atoms with Crippen LogP contribution in [0, 0.1) is 5.92 Å². The van der Waals surface area contributed by atoms with Gasteiger partial charge in [-0.15, -0.1) is 0 Å². The van der Waals surface area contributed by atoms with Gasteiger partial charge in [-0.2, -0.15) is 0 Å². The first kappa shape index (κ1) is 10.6. The van der Waals surface area contributed by atoms with Gasteiger partial charge in [0, 0.05) is 18.3 Å². The smallest absolute Gasteiger partial charge is 0.154 e. The standard InChI is InChI=1S/C10H13ClFN3/c11-7-3-8(9(14)15-4-7)10(12,5-13)6-1-2-6/h3-4,6H,1-2,5,13H2,(H2,14,15). The normalized spacial score (nSPS) is 19.9. The molecule has 0 aliphatic heterocycles. The molecule has 4 N–H and O–H groups in total. The maximum absolute atomic E-state index is 14.6. The fourth-order valence-electron chi connectivity index (χ4n) is 1.82. The molecule has 1 atom stereocenters.